The van der Waals surface area contributed by atoms with Crippen LogP contribution < -0.4 is 10.6 Å². The van der Waals surface area contributed by atoms with Gasteiger partial charge in [-0.25, -0.2) is 4.79 Å². The van der Waals surface area contributed by atoms with E-state index in [1.807, 2.05) is 36.2 Å². The zero-order valence-corrected chi connectivity index (χ0v) is 13.1. The van der Waals surface area contributed by atoms with Crippen LogP contribution in [0.15, 0.2) is 28.7 Å². The fourth-order valence-corrected chi connectivity index (χ4v) is 2.78. The van der Waals surface area contributed by atoms with Crippen LogP contribution in [0.1, 0.15) is 25.5 Å². The second-order valence-electron chi connectivity index (χ2n) is 5.54. The number of carbonyl (C=O) groups excluding carboxylic acids is 1. The minimum absolute atomic E-state index is 0.00378. The molecule has 4 nitrogen and oxygen atoms in total. The van der Waals surface area contributed by atoms with Gasteiger partial charge in [-0.1, -0.05) is 34.1 Å². The third-order valence-corrected chi connectivity index (χ3v) is 4.25. The van der Waals surface area contributed by atoms with Crippen molar-refractivity contribution < 1.29 is 4.79 Å². The first kappa shape index (κ1) is 14.3. The van der Waals surface area contributed by atoms with E-state index in [-0.39, 0.29) is 17.6 Å². The predicted octanol–water partition coefficient (Wildman–Crippen LogP) is 2.51. The van der Waals surface area contributed by atoms with Crippen molar-refractivity contribution in [1.29, 1.82) is 0 Å². The first-order chi connectivity index (χ1) is 8.93. The van der Waals surface area contributed by atoms with Crippen LogP contribution in [0.2, 0.25) is 0 Å². The molecule has 2 amide bonds. The topological polar surface area (TPSA) is 44.4 Å². The molecule has 1 aliphatic rings. The van der Waals surface area contributed by atoms with E-state index < -0.39 is 0 Å². The average Bonchev–Trinajstić information content (AvgIpc) is 2.71. The zero-order chi connectivity index (χ0) is 14.0. The Morgan fingerprint density at radius 2 is 2.16 bits per heavy atom. The van der Waals surface area contributed by atoms with E-state index >= 15 is 0 Å². The molecule has 0 aromatic heterocycles. The summed E-state index contributed by atoms with van der Waals surface area (Å²) in [6, 6.07) is 8.07. The lowest BCUT2D eigenvalue weighted by molar-refractivity contribution is 0.201. The van der Waals surface area contributed by atoms with E-state index in [4.69, 9.17) is 0 Å². The Hall–Kier alpha value is -1.07. The molecule has 104 valence electrons. The van der Waals surface area contributed by atoms with Crippen molar-refractivity contribution in [2.45, 2.75) is 25.4 Å². The molecule has 2 rings (SSSR count). The predicted molar refractivity (Wildman–Crippen MR) is 80.1 cm³/mol. The molecule has 0 bridgehead atoms. The van der Waals surface area contributed by atoms with E-state index in [0.717, 1.165) is 10.0 Å². The molecule has 1 aliphatic heterocycles. The van der Waals surface area contributed by atoms with Crippen LogP contribution >= 0.6 is 15.9 Å². The minimum atomic E-state index is -0.0832. The summed E-state index contributed by atoms with van der Waals surface area (Å²) in [5.41, 5.74) is 1.04. The van der Waals surface area contributed by atoms with Crippen molar-refractivity contribution in [2.24, 2.45) is 0 Å². The molecule has 0 radical (unpaired) electrons. The molecule has 1 saturated heterocycles. The fourth-order valence-electron chi connectivity index (χ4n) is 2.22. The first-order valence-corrected chi connectivity index (χ1v) is 7.21. The van der Waals surface area contributed by atoms with Crippen LogP contribution in [-0.4, -0.2) is 36.6 Å². The maximum absolute atomic E-state index is 12.0. The minimum Gasteiger partial charge on any atom is -0.329 e. The number of urea groups is 1. The number of nitrogens with zero attached hydrogens (tertiary/aromatic N) is 1. The molecular weight excluding hydrogens is 306 g/mol. The highest BCUT2D eigenvalue weighted by Crippen LogP contribution is 2.27. The van der Waals surface area contributed by atoms with Crippen LogP contribution in [0.25, 0.3) is 0 Å². The summed E-state index contributed by atoms with van der Waals surface area (Å²) < 4.78 is 1.04. The van der Waals surface area contributed by atoms with Crippen LogP contribution in [0.4, 0.5) is 4.79 Å². The second-order valence-corrected chi connectivity index (χ2v) is 6.39. The number of carbonyl (C=O) groups is 1. The Labute approximate surface area is 122 Å². The summed E-state index contributed by atoms with van der Waals surface area (Å²) in [6.07, 6.45) is 0. The number of rotatable bonds is 4. The molecule has 1 atom stereocenters. The van der Waals surface area contributed by atoms with Gasteiger partial charge in [0.2, 0.25) is 0 Å². The second kappa shape index (κ2) is 5.51. The normalized spacial score (nSPS) is 19.7. The van der Waals surface area contributed by atoms with E-state index in [1.165, 1.54) is 0 Å². The lowest BCUT2D eigenvalue weighted by Crippen LogP contribution is -2.48. The monoisotopic (exact) mass is 325 g/mol. The van der Waals surface area contributed by atoms with E-state index in [1.54, 1.807) is 0 Å². The summed E-state index contributed by atoms with van der Waals surface area (Å²) >= 11 is 3.54. The molecule has 5 heteroatoms. The Kier molecular flexibility index (Phi) is 4.16. The van der Waals surface area contributed by atoms with E-state index in [9.17, 15) is 4.79 Å². The van der Waals surface area contributed by atoms with Gasteiger partial charge < -0.3 is 15.5 Å². The summed E-state index contributed by atoms with van der Waals surface area (Å²) in [4.78, 5) is 13.9. The molecule has 1 heterocycles. The van der Waals surface area contributed by atoms with Gasteiger partial charge in [0.1, 0.15) is 0 Å². The molecule has 1 aromatic carbocycles. The number of amides is 2. The van der Waals surface area contributed by atoms with E-state index in [2.05, 4.69) is 40.4 Å². The summed E-state index contributed by atoms with van der Waals surface area (Å²) in [6.45, 7) is 5.57. The van der Waals surface area contributed by atoms with Gasteiger partial charge in [0.05, 0.1) is 6.04 Å². The van der Waals surface area contributed by atoms with E-state index in [0.29, 0.717) is 13.1 Å². The van der Waals surface area contributed by atoms with Crippen molar-refractivity contribution in [3.05, 3.63) is 34.3 Å². The summed E-state index contributed by atoms with van der Waals surface area (Å²) in [7, 11) is 1.92. The highest BCUT2D eigenvalue weighted by Gasteiger charge is 2.33. The summed E-state index contributed by atoms with van der Waals surface area (Å²) in [5.74, 6) is 0. The SMILES string of the molecule is CNC(C)(C)CN1CC(c2ccccc2Br)NC1=O. The number of nitrogens with one attached hydrogen (secondary N) is 2. The Morgan fingerprint density at radius 1 is 1.47 bits per heavy atom. The highest BCUT2D eigenvalue weighted by molar-refractivity contribution is 9.10. The van der Waals surface area contributed by atoms with Gasteiger partial charge in [-0.05, 0) is 32.5 Å². The fraction of sp³-hybridized carbons (Fsp3) is 0.500. The van der Waals surface area contributed by atoms with Gasteiger partial charge >= 0.3 is 6.03 Å². The standard InChI is InChI=1S/C14H20BrN3O/c1-14(2,16-3)9-18-8-12(17-13(18)19)10-6-4-5-7-11(10)15/h4-7,12,16H,8-9H2,1-3H3,(H,17,19). The molecule has 19 heavy (non-hydrogen) atoms. The molecular formula is C14H20BrN3O. The van der Waals surface area contributed by atoms with Gasteiger partial charge in [0, 0.05) is 23.1 Å². The highest BCUT2D eigenvalue weighted by atomic mass is 79.9. The molecule has 0 saturated carbocycles. The number of benzene rings is 1. The Bertz CT molecular complexity index is 476. The quantitative estimate of drug-likeness (QED) is 0.893. The molecule has 2 N–H and O–H groups in total. The zero-order valence-electron chi connectivity index (χ0n) is 11.5. The number of hydrogen-bond donors (Lipinski definition) is 2. The molecule has 1 aromatic rings. The molecule has 0 aliphatic carbocycles. The lowest BCUT2D eigenvalue weighted by Gasteiger charge is -2.29. The van der Waals surface area contributed by atoms with Crippen molar-refractivity contribution in [1.82, 2.24) is 15.5 Å². The maximum atomic E-state index is 12.0. The van der Waals surface area contributed by atoms with Gasteiger partial charge in [0.25, 0.3) is 0 Å². The Morgan fingerprint density at radius 3 is 2.79 bits per heavy atom. The Balaban J connectivity index is 2.10. The largest absolute Gasteiger partial charge is 0.329 e. The van der Waals surface area contributed by atoms with Gasteiger partial charge in [-0.2, -0.15) is 0 Å². The number of halogens is 1. The van der Waals surface area contributed by atoms with Gasteiger partial charge in [-0.3, -0.25) is 0 Å². The first-order valence-electron chi connectivity index (χ1n) is 6.42. The maximum Gasteiger partial charge on any atom is 0.318 e. The number of hydrogen-bond acceptors (Lipinski definition) is 2. The van der Waals surface area contributed by atoms with Crippen LogP contribution in [0.3, 0.4) is 0 Å². The van der Waals surface area contributed by atoms with Crippen LogP contribution in [-0.2, 0) is 0 Å². The lowest BCUT2D eigenvalue weighted by atomic mass is 10.0. The molecule has 1 unspecified atom stereocenters. The molecule has 1 fully saturated rings. The third-order valence-electron chi connectivity index (χ3n) is 3.53. The van der Waals surface area contributed by atoms with Crippen LogP contribution in [0.5, 0.6) is 0 Å². The van der Waals surface area contributed by atoms with Crippen molar-refractivity contribution in [3.63, 3.8) is 0 Å². The summed E-state index contributed by atoms with van der Waals surface area (Å²) in [5, 5.41) is 6.26. The van der Waals surface area contributed by atoms with Crippen molar-refractivity contribution in [2.75, 3.05) is 20.1 Å². The average molecular weight is 326 g/mol. The molecule has 0 spiro atoms. The van der Waals surface area contributed by atoms with Gasteiger partial charge in [0.15, 0.2) is 0 Å². The third kappa shape index (κ3) is 3.28. The number of likely N-dealkylation sites (N-methyl/N-ethyl adjacent to an activating group) is 1. The smallest absolute Gasteiger partial charge is 0.318 e. The van der Waals surface area contributed by atoms with Gasteiger partial charge in [-0.15, -0.1) is 0 Å². The van der Waals surface area contributed by atoms with Crippen molar-refractivity contribution in [3.8, 4) is 0 Å². The van der Waals surface area contributed by atoms with Crippen LogP contribution in [0, 0.1) is 0 Å². The van der Waals surface area contributed by atoms with Crippen molar-refractivity contribution >= 4 is 22.0 Å².